The Hall–Kier alpha value is -2.57. The van der Waals surface area contributed by atoms with E-state index in [1.807, 2.05) is 39.0 Å². The van der Waals surface area contributed by atoms with Crippen LogP contribution in [0.1, 0.15) is 44.7 Å². The maximum atomic E-state index is 13.0. The van der Waals surface area contributed by atoms with Crippen molar-refractivity contribution in [3.8, 4) is 5.75 Å². The van der Waals surface area contributed by atoms with Crippen LogP contribution < -0.4 is 10.1 Å². The molecule has 0 saturated carbocycles. The summed E-state index contributed by atoms with van der Waals surface area (Å²) in [6, 6.07) is 4.90. The maximum Gasteiger partial charge on any atom is 0.308 e. The first kappa shape index (κ1) is 21.7. The van der Waals surface area contributed by atoms with Crippen LogP contribution in [0.15, 0.2) is 18.2 Å². The number of piperazine rings is 1. The molecule has 2 rings (SSSR count). The summed E-state index contributed by atoms with van der Waals surface area (Å²) >= 11 is 0. The fourth-order valence-corrected chi connectivity index (χ4v) is 3.00. The van der Waals surface area contributed by atoms with E-state index in [0.29, 0.717) is 25.3 Å². The lowest BCUT2D eigenvalue weighted by Gasteiger charge is -2.36. The Morgan fingerprint density at radius 1 is 1.29 bits per heavy atom. The number of carbonyl (C=O) groups is 3. The molecule has 3 atom stereocenters. The van der Waals surface area contributed by atoms with Crippen molar-refractivity contribution in [3.63, 3.8) is 0 Å². The van der Waals surface area contributed by atoms with E-state index in [4.69, 9.17) is 9.47 Å². The van der Waals surface area contributed by atoms with E-state index < -0.39 is 18.1 Å². The van der Waals surface area contributed by atoms with Crippen molar-refractivity contribution in [2.24, 2.45) is 0 Å². The Labute approximate surface area is 166 Å². The lowest BCUT2D eigenvalue weighted by Crippen LogP contribution is -2.60. The molecule has 7 heteroatoms. The van der Waals surface area contributed by atoms with Gasteiger partial charge < -0.3 is 19.7 Å². The number of hydrogen-bond acceptors (Lipinski definition) is 5. The quantitative estimate of drug-likeness (QED) is 0.721. The first-order valence-electron chi connectivity index (χ1n) is 9.74. The molecule has 1 N–H and O–H groups in total. The number of rotatable bonds is 7. The molecular formula is C21H30N2O5. The highest BCUT2D eigenvalue weighted by molar-refractivity contribution is 5.93. The highest BCUT2D eigenvalue weighted by atomic mass is 16.5. The molecule has 3 unspecified atom stereocenters. The van der Waals surface area contributed by atoms with Gasteiger partial charge >= 0.3 is 5.97 Å². The van der Waals surface area contributed by atoms with E-state index in [9.17, 15) is 14.4 Å². The number of amides is 2. The van der Waals surface area contributed by atoms with Gasteiger partial charge in [-0.15, -0.1) is 0 Å². The molecule has 1 fully saturated rings. The Morgan fingerprint density at radius 2 is 2.00 bits per heavy atom. The molecule has 1 aliphatic heterocycles. The second-order valence-corrected chi connectivity index (χ2v) is 7.28. The highest BCUT2D eigenvalue weighted by Crippen LogP contribution is 2.22. The minimum Gasteiger partial charge on any atom is -0.481 e. The van der Waals surface area contributed by atoms with Gasteiger partial charge in [0.2, 0.25) is 5.91 Å². The average molecular weight is 390 g/mol. The molecule has 0 spiro atoms. The average Bonchev–Trinajstić information content (AvgIpc) is 2.65. The zero-order valence-electron chi connectivity index (χ0n) is 17.3. The van der Waals surface area contributed by atoms with Crippen LogP contribution in [-0.4, -0.2) is 54.0 Å². The zero-order valence-corrected chi connectivity index (χ0v) is 17.3. The van der Waals surface area contributed by atoms with E-state index >= 15 is 0 Å². The van der Waals surface area contributed by atoms with Gasteiger partial charge in [0, 0.05) is 13.1 Å². The molecule has 7 nitrogen and oxygen atoms in total. The Bertz CT molecular complexity index is 734. The summed E-state index contributed by atoms with van der Waals surface area (Å²) in [4.78, 5) is 38.9. The third kappa shape index (κ3) is 5.47. The number of benzene rings is 1. The summed E-state index contributed by atoms with van der Waals surface area (Å²) in [5, 5.41) is 2.71. The molecule has 154 valence electrons. The first-order valence-corrected chi connectivity index (χ1v) is 9.74. The van der Waals surface area contributed by atoms with Crippen LogP contribution in [0.3, 0.4) is 0 Å². The van der Waals surface area contributed by atoms with Crippen molar-refractivity contribution in [2.45, 2.75) is 65.7 Å². The molecule has 28 heavy (non-hydrogen) atoms. The van der Waals surface area contributed by atoms with Crippen molar-refractivity contribution in [3.05, 3.63) is 29.3 Å². The van der Waals surface area contributed by atoms with Gasteiger partial charge in [-0.2, -0.15) is 0 Å². The third-order valence-corrected chi connectivity index (χ3v) is 4.88. The number of aryl methyl sites for hydroxylation is 2. The molecule has 0 bridgehead atoms. The number of nitrogens with zero attached hydrogens (tertiary/aromatic N) is 1. The summed E-state index contributed by atoms with van der Waals surface area (Å²) in [5.41, 5.74) is 1.96. The Morgan fingerprint density at radius 3 is 2.68 bits per heavy atom. The van der Waals surface area contributed by atoms with Gasteiger partial charge in [0.05, 0.1) is 12.5 Å². The van der Waals surface area contributed by atoms with Crippen LogP contribution in [-0.2, 0) is 19.1 Å². The maximum absolute atomic E-state index is 13.0. The Kier molecular flexibility index (Phi) is 7.43. The molecule has 0 radical (unpaired) electrons. The summed E-state index contributed by atoms with van der Waals surface area (Å²) in [5.74, 6) is -0.524. The van der Waals surface area contributed by atoms with E-state index in [1.165, 1.54) is 4.90 Å². The number of ether oxygens (including phenoxy) is 2. The van der Waals surface area contributed by atoms with Gasteiger partial charge in [-0.1, -0.05) is 19.1 Å². The second-order valence-electron chi connectivity index (χ2n) is 7.28. The van der Waals surface area contributed by atoms with Crippen LogP contribution in [0.25, 0.3) is 0 Å². The van der Waals surface area contributed by atoms with E-state index in [2.05, 4.69) is 5.32 Å². The lowest BCUT2D eigenvalue weighted by molar-refractivity contribution is -0.156. The molecule has 1 saturated heterocycles. The molecule has 1 aromatic rings. The van der Waals surface area contributed by atoms with Crippen molar-refractivity contribution >= 4 is 17.8 Å². The second kappa shape index (κ2) is 9.57. The normalized spacial score (nSPS) is 18.8. The van der Waals surface area contributed by atoms with Gasteiger partial charge in [0.15, 0.2) is 6.10 Å². The summed E-state index contributed by atoms with van der Waals surface area (Å²) in [7, 11) is 0. The molecule has 0 aromatic heterocycles. The van der Waals surface area contributed by atoms with Gasteiger partial charge in [-0.25, -0.2) is 0 Å². The molecule has 1 heterocycles. The molecular weight excluding hydrogens is 360 g/mol. The fourth-order valence-electron chi connectivity index (χ4n) is 3.00. The summed E-state index contributed by atoms with van der Waals surface area (Å²) < 4.78 is 11.1. The number of carbonyl (C=O) groups excluding carboxylic acids is 3. The van der Waals surface area contributed by atoms with Gasteiger partial charge in [-0.3, -0.25) is 14.4 Å². The van der Waals surface area contributed by atoms with Crippen LogP contribution in [0.2, 0.25) is 0 Å². The predicted molar refractivity (Wildman–Crippen MR) is 105 cm³/mol. The number of esters is 1. The zero-order chi connectivity index (χ0) is 20.8. The third-order valence-electron chi connectivity index (χ3n) is 4.88. The highest BCUT2D eigenvalue weighted by Gasteiger charge is 2.37. The van der Waals surface area contributed by atoms with E-state index in [1.54, 1.807) is 13.8 Å². The number of nitrogens with one attached hydrogen (secondary N) is 1. The van der Waals surface area contributed by atoms with E-state index in [-0.39, 0.29) is 24.3 Å². The monoisotopic (exact) mass is 390 g/mol. The van der Waals surface area contributed by atoms with Crippen molar-refractivity contribution in [1.29, 1.82) is 0 Å². The van der Waals surface area contributed by atoms with Crippen molar-refractivity contribution in [1.82, 2.24) is 10.2 Å². The van der Waals surface area contributed by atoms with Crippen molar-refractivity contribution in [2.75, 3.05) is 13.1 Å². The van der Waals surface area contributed by atoms with Gasteiger partial charge in [0.25, 0.3) is 5.91 Å². The Balaban J connectivity index is 2.10. The predicted octanol–water partition coefficient (Wildman–Crippen LogP) is 2.13. The number of hydrogen-bond donors (Lipinski definition) is 1. The van der Waals surface area contributed by atoms with Crippen molar-refractivity contribution < 1.29 is 23.9 Å². The first-order chi connectivity index (χ1) is 13.2. The largest absolute Gasteiger partial charge is 0.481 e. The molecule has 1 aliphatic rings. The summed E-state index contributed by atoms with van der Waals surface area (Å²) in [6.45, 7) is 9.89. The SMILES string of the molecule is CCC(C)OC(=O)CC1C(=O)NCCN1C(=O)C(C)Oc1cc(C)ccc1C. The minimum absolute atomic E-state index is 0.169. The van der Waals surface area contributed by atoms with Crippen LogP contribution in [0, 0.1) is 13.8 Å². The van der Waals surface area contributed by atoms with Gasteiger partial charge in [0.1, 0.15) is 11.8 Å². The minimum atomic E-state index is -0.887. The topological polar surface area (TPSA) is 84.9 Å². The molecule has 2 amide bonds. The van der Waals surface area contributed by atoms with Gasteiger partial charge in [-0.05, 0) is 51.3 Å². The van der Waals surface area contributed by atoms with E-state index in [0.717, 1.165) is 11.1 Å². The fraction of sp³-hybridized carbons (Fsp3) is 0.571. The van der Waals surface area contributed by atoms with Crippen LogP contribution >= 0.6 is 0 Å². The lowest BCUT2D eigenvalue weighted by atomic mass is 10.1. The van der Waals surface area contributed by atoms with Crippen LogP contribution in [0.5, 0.6) is 5.75 Å². The standard InChI is InChI=1S/C21H30N2O5/c1-6-15(4)27-19(24)12-17-20(25)22-9-10-23(17)21(26)16(5)28-18-11-13(2)7-8-14(18)3/h7-8,11,15-17H,6,9-10,12H2,1-5H3,(H,22,25). The van der Waals surface area contributed by atoms with Crippen LogP contribution in [0.4, 0.5) is 0 Å². The molecule has 0 aliphatic carbocycles. The molecule has 1 aromatic carbocycles. The summed E-state index contributed by atoms with van der Waals surface area (Å²) in [6.07, 6.45) is -0.487. The smallest absolute Gasteiger partial charge is 0.308 e.